The molecule has 1 fully saturated rings. The second-order valence-electron chi connectivity index (χ2n) is 4.15. The number of nitriles is 1. The molecule has 0 aromatic heterocycles. The Kier molecular flexibility index (Phi) is 3.77. The molecule has 4 N–H and O–H groups in total. The van der Waals surface area contributed by atoms with Gasteiger partial charge in [-0.2, -0.15) is 5.26 Å². The van der Waals surface area contributed by atoms with Gasteiger partial charge in [-0.15, -0.1) is 0 Å². The largest absolute Gasteiger partial charge is 0.508 e. The van der Waals surface area contributed by atoms with Crippen LogP contribution in [0.3, 0.4) is 0 Å². The molecule has 1 aliphatic rings. The molecule has 0 saturated carbocycles. The smallest absolute Gasteiger partial charge is 0.225 e. The van der Waals surface area contributed by atoms with E-state index in [1.165, 1.54) is 0 Å². The van der Waals surface area contributed by atoms with E-state index in [0.29, 0.717) is 6.54 Å². The number of hydrogen-bond acceptors (Lipinski definition) is 5. The molecule has 18 heavy (non-hydrogen) atoms. The minimum atomic E-state index is -0.375. The molecule has 94 valence electrons. The van der Waals surface area contributed by atoms with Gasteiger partial charge in [0.15, 0.2) is 0 Å². The topological polar surface area (TPSA) is 97.2 Å². The number of phenols is 1. The third-order valence-corrected chi connectivity index (χ3v) is 2.74. The van der Waals surface area contributed by atoms with Crippen molar-refractivity contribution in [3.8, 4) is 11.8 Å². The molecule has 6 nitrogen and oxygen atoms in total. The van der Waals surface area contributed by atoms with Crippen LogP contribution in [0.2, 0.25) is 0 Å². The summed E-state index contributed by atoms with van der Waals surface area (Å²) >= 11 is 0. The second kappa shape index (κ2) is 5.49. The molecule has 2 rings (SSSR count). The van der Waals surface area contributed by atoms with Gasteiger partial charge in [0.25, 0.3) is 0 Å². The summed E-state index contributed by atoms with van der Waals surface area (Å²) in [7, 11) is 0. The van der Waals surface area contributed by atoms with E-state index in [1.54, 1.807) is 24.3 Å². The number of rotatable bonds is 3. The van der Waals surface area contributed by atoms with Crippen LogP contribution in [0.15, 0.2) is 24.3 Å². The van der Waals surface area contributed by atoms with E-state index in [1.807, 2.05) is 0 Å². The van der Waals surface area contributed by atoms with E-state index in [2.05, 4.69) is 22.2 Å². The molecule has 1 aromatic carbocycles. The molecule has 1 aromatic rings. The van der Waals surface area contributed by atoms with Crippen molar-refractivity contribution in [2.45, 2.75) is 12.6 Å². The van der Waals surface area contributed by atoms with Gasteiger partial charge in [0.1, 0.15) is 11.9 Å². The summed E-state index contributed by atoms with van der Waals surface area (Å²) < 4.78 is 0. The average Bonchev–Trinajstić information content (AvgIpc) is 2.76. The number of carbonyl (C=O) groups is 1. The van der Waals surface area contributed by atoms with Gasteiger partial charge in [-0.25, -0.2) is 5.43 Å². The lowest BCUT2D eigenvalue weighted by Gasteiger charge is -2.14. The van der Waals surface area contributed by atoms with E-state index >= 15 is 0 Å². The molecule has 0 bridgehead atoms. The van der Waals surface area contributed by atoms with E-state index < -0.39 is 0 Å². The summed E-state index contributed by atoms with van der Waals surface area (Å²) in [5.74, 6) is -0.337. The normalized spacial score (nSPS) is 22.4. The molecular formula is C12H14N4O2. The quantitative estimate of drug-likeness (QED) is 0.583. The highest BCUT2D eigenvalue weighted by molar-refractivity contribution is 5.79. The highest BCUT2D eigenvalue weighted by atomic mass is 16.3. The van der Waals surface area contributed by atoms with Crippen LogP contribution in [0.4, 0.5) is 0 Å². The number of nitrogens with zero attached hydrogens (tertiary/aromatic N) is 1. The molecule has 1 heterocycles. The summed E-state index contributed by atoms with van der Waals surface area (Å²) in [6.07, 6.45) is -0.204. The molecule has 1 aliphatic heterocycles. The van der Waals surface area contributed by atoms with E-state index in [0.717, 1.165) is 5.56 Å². The van der Waals surface area contributed by atoms with Crippen molar-refractivity contribution in [3.63, 3.8) is 0 Å². The summed E-state index contributed by atoms with van der Waals surface area (Å²) in [5, 5.41) is 20.9. The second-order valence-corrected chi connectivity index (χ2v) is 4.15. The van der Waals surface area contributed by atoms with Gasteiger partial charge in [0.2, 0.25) is 5.91 Å². The minimum Gasteiger partial charge on any atom is -0.508 e. The standard InChI is InChI=1S/C12H14N4O2/c13-6-9-7-14-16-12(9)15-11(18)5-8-2-1-3-10(17)4-8/h1-4,9,12,14,16-17H,5,7H2,(H,15,18). The van der Waals surface area contributed by atoms with Crippen LogP contribution < -0.4 is 16.2 Å². The van der Waals surface area contributed by atoms with Gasteiger partial charge in [-0.3, -0.25) is 10.2 Å². The SMILES string of the molecule is N#CC1CNNC1NC(=O)Cc1cccc(O)c1. The van der Waals surface area contributed by atoms with Crippen molar-refractivity contribution < 1.29 is 9.90 Å². The maximum absolute atomic E-state index is 11.8. The number of carbonyl (C=O) groups excluding carboxylic acids is 1. The van der Waals surface area contributed by atoms with E-state index in [9.17, 15) is 9.90 Å². The summed E-state index contributed by atoms with van der Waals surface area (Å²) in [4.78, 5) is 11.8. The summed E-state index contributed by atoms with van der Waals surface area (Å²) in [6, 6.07) is 8.66. The Morgan fingerprint density at radius 3 is 3.17 bits per heavy atom. The number of hydrazine groups is 1. The molecule has 1 amide bonds. The lowest BCUT2D eigenvalue weighted by atomic mass is 10.1. The zero-order valence-electron chi connectivity index (χ0n) is 9.68. The average molecular weight is 246 g/mol. The lowest BCUT2D eigenvalue weighted by Crippen LogP contribution is -2.47. The van der Waals surface area contributed by atoms with E-state index in [4.69, 9.17) is 5.26 Å². The highest BCUT2D eigenvalue weighted by Crippen LogP contribution is 2.11. The number of aromatic hydroxyl groups is 1. The Labute approximate surface area is 105 Å². The highest BCUT2D eigenvalue weighted by Gasteiger charge is 2.27. The Balaban J connectivity index is 1.91. The third kappa shape index (κ3) is 2.97. The molecule has 2 atom stereocenters. The van der Waals surface area contributed by atoms with Crippen LogP contribution in [0.25, 0.3) is 0 Å². The maximum atomic E-state index is 11.8. The first-order valence-corrected chi connectivity index (χ1v) is 5.64. The first-order chi connectivity index (χ1) is 8.69. The predicted octanol–water partition coefficient (Wildman–Crippen LogP) is -0.375. The van der Waals surface area contributed by atoms with Crippen LogP contribution in [0.1, 0.15) is 5.56 Å². The molecule has 0 radical (unpaired) electrons. The van der Waals surface area contributed by atoms with Crippen molar-refractivity contribution in [1.82, 2.24) is 16.2 Å². The van der Waals surface area contributed by atoms with E-state index in [-0.39, 0.29) is 30.2 Å². The Morgan fingerprint density at radius 1 is 1.61 bits per heavy atom. The Bertz CT molecular complexity index is 483. The monoisotopic (exact) mass is 246 g/mol. The molecule has 6 heteroatoms. The molecule has 2 unspecified atom stereocenters. The van der Waals surface area contributed by atoms with Gasteiger partial charge in [-0.05, 0) is 17.7 Å². The first-order valence-electron chi connectivity index (χ1n) is 5.64. The van der Waals surface area contributed by atoms with Crippen molar-refractivity contribution in [2.24, 2.45) is 5.92 Å². The van der Waals surface area contributed by atoms with Crippen molar-refractivity contribution in [1.29, 1.82) is 5.26 Å². The lowest BCUT2D eigenvalue weighted by molar-refractivity contribution is -0.121. The zero-order valence-corrected chi connectivity index (χ0v) is 9.68. The van der Waals surface area contributed by atoms with Crippen molar-refractivity contribution in [3.05, 3.63) is 29.8 Å². The number of hydrogen-bond donors (Lipinski definition) is 4. The van der Waals surface area contributed by atoms with Gasteiger partial charge in [0.05, 0.1) is 18.4 Å². The number of benzene rings is 1. The Morgan fingerprint density at radius 2 is 2.44 bits per heavy atom. The summed E-state index contributed by atoms with van der Waals surface area (Å²) in [6.45, 7) is 0.508. The van der Waals surface area contributed by atoms with Gasteiger partial charge in [0, 0.05) is 6.54 Å². The molecule has 1 saturated heterocycles. The number of nitrogens with one attached hydrogen (secondary N) is 3. The van der Waals surface area contributed by atoms with Gasteiger partial charge < -0.3 is 10.4 Å². The molecule has 0 aliphatic carbocycles. The van der Waals surface area contributed by atoms with Crippen LogP contribution in [-0.4, -0.2) is 23.7 Å². The number of phenolic OH excluding ortho intramolecular Hbond substituents is 1. The van der Waals surface area contributed by atoms with Crippen molar-refractivity contribution >= 4 is 5.91 Å². The third-order valence-electron chi connectivity index (χ3n) is 2.74. The fraction of sp³-hybridized carbons (Fsp3) is 0.333. The fourth-order valence-corrected chi connectivity index (χ4v) is 1.83. The Hall–Kier alpha value is -2.10. The van der Waals surface area contributed by atoms with Crippen LogP contribution in [-0.2, 0) is 11.2 Å². The van der Waals surface area contributed by atoms with Crippen LogP contribution in [0, 0.1) is 17.2 Å². The van der Waals surface area contributed by atoms with Gasteiger partial charge in [-0.1, -0.05) is 12.1 Å². The minimum absolute atomic E-state index is 0.135. The van der Waals surface area contributed by atoms with Crippen LogP contribution >= 0.6 is 0 Å². The predicted molar refractivity (Wildman–Crippen MR) is 64.0 cm³/mol. The number of amides is 1. The van der Waals surface area contributed by atoms with Crippen LogP contribution in [0.5, 0.6) is 5.75 Å². The van der Waals surface area contributed by atoms with Crippen molar-refractivity contribution in [2.75, 3.05) is 6.54 Å². The summed E-state index contributed by atoms with van der Waals surface area (Å²) in [5.41, 5.74) is 6.38. The molecular weight excluding hydrogens is 232 g/mol. The molecule has 0 spiro atoms. The van der Waals surface area contributed by atoms with Gasteiger partial charge >= 0.3 is 0 Å². The maximum Gasteiger partial charge on any atom is 0.225 e. The fourth-order valence-electron chi connectivity index (χ4n) is 1.83. The zero-order chi connectivity index (χ0) is 13.0. The first kappa shape index (κ1) is 12.4.